The zero-order valence-corrected chi connectivity index (χ0v) is 15.4. The maximum Gasteiger partial charge on any atom is 0.123 e. The fraction of sp³-hybridized carbons (Fsp3) is 0.286. The maximum atomic E-state index is 13.3. The van der Waals surface area contributed by atoms with Crippen LogP contribution in [0.1, 0.15) is 5.56 Å². The molecule has 0 spiro atoms. The molecule has 1 aromatic heterocycles. The molecule has 1 aromatic carbocycles. The van der Waals surface area contributed by atoms with Gasteiger partial charge in [-0.15, -0.1) is 0 Å². The summed E-state index contributed by atoms with van der Waals surface area (Å²) < 4.78 is 20.7. The first kappa shape index (κ1) is 19.1. The molecule has 1 aliphatic heterocycles. The summed E-state index contributed by atoms with van der Waals surface area (Å²) >= 11 is 0. The van der Waals surface area contributed by atoms with Crippen LogP contribution in [0.5, 0.6) is 0 Å². The standard InChI is InChI=1S/C21H25FN4O/c1-2-3-17(8-9-23)20-16-26(11-10-25-12-14-27-15-13-25)24-21(20)18-4-6-19(22)7-5-18/h2-9,16H,1,10-15,23H2/b9-8-,17-3+. The van der Waals surface area contributed by atoms with Crippen LogP contribution in [-0.2, 0) is 11.3 Å². The van der Waals surface area contributed by atoms with Crippen LogP contribution in [0.4, 0.5) is 4.39 Å². The maximum absolute atomic E-state index is 13.3. The molecule has 1 fully saturated rings. The van der Waals surface area contributed by atoms with Crippen LogP contribution in [0.15, 0.2) is 61.5 Å². The molecule has 0 unspecified atom stereocenters. The number of ether oxygens (including phenoxy) is 1. The Bertz CT molecular complexity index is 817. The summed E-state index contributed by atoms with van der Waals surface area (Å²) in [5, 5.41) is 4.77. The average molecular weight is 368 g/mol. The van der Waals surface area contributed by atoms with Crippen molar-refractivity contribution >= 4 is 5.57 Å². The molecule has 1 aliphatic rings. The molecule has 3 rings (SSSR count). The molecule has 27 heavy (non-hydrogen) atoms. The van der Waals surface area contributed by atoms with Gasteiger partial charge in [0.1, 0.15) is 11.5 Å². The molecule has 0 atom stereocenters. The monoisotopic (exact) mass is 368 g/mol. The van der Waals surface area contributed by atoms with Crippen molar-refractivity contribution in [1.29, 1.82) is 0 Å². The normalized spacial score (nSPS) is 16.1. The lowest BCUT2D eigenvalue weighted by atomic mass is 10.0. The van der Waals surface area contributed by atoms with Gasteiger partial charge in [0, 0.05) is 37.0 Å². The van der Waals surface area contributed by atoms with E-state index in [1.807, 2.05) is 23.0 Å². The Morgan fingerprint density at radius 2 is 1.96 bits per heavy atom. The van der Waals surface area contributed by atoms with E-state index in [2.05, 4.69) is 11.5 Å². The van der Waals surface area contributed by atoms with Crippen LogP contribution in [0, 0.1) is 5.82 Å². The van der Waals surface area contributed by atoms with Gasteiger partial charge in [0.2, 0.25) is 0 Å². The van der Waals surface area contributed by atoms with Gasteiger partial charge < -0.3 is 10.5 Å². The molecular weight excluding hydrogens is 343 g/mol. The van der Waals surface area contributed by atoms with Crippen LogP contribution < -0.4 is 5.73 Å². The number of hydrogen-bond acceptors (Lipinski definition) is 4. The van der Waals surface area contributed by atoms with E-state index in [1.54, 1.807) is 18.2 Å². The molecule has 5 nitrogen and oxygen atoms in total. The van der Waals surface area contributed by atoms with Crippen molar-refractivity contribution in [2.75, 3.05) is 32.8 Å². The second-order valence-electron chi connectivity index (χ2n) is 6.33. The number of aromatic nitrogens is 2. The number of morpholine rings is 1. The second kappa shape index (κ2) is 9.30. The summed E-state index contributed by atoms with van der Waals surface area (Å²) in [6.07, 6.45) is 8.93. The molecule has 0 bridgehead atoms. The SMILES string of the molecule is C=C/C=C(\C=C/N)c1cn(CCN2CCOCC2)nc1-c1ccc(F)cc1. The first-order valence-corrected chi connectivity index (χ1v) is 9.06. The van der Waals surface area contributed by atoms with Crippen LogP contribution in [0.2, 0.25) is 0 Å². The van der Waals surface area contributed by atoms with Crippen molar-refractivity contribution in [2.24, 2.45) is 5.73 Å². The number of nitrogens with two attached hydrogens (primary N) is 1. The molecule has 142 valence electrons. The molecule has 0 aliphatic carbocycles. The van der Waals surface area contributed by atoms with Crippen LogP contribution in [-0.4, -0.2) is 47.5 Å². The fourth-order valence-corrected chi connectivity index (χ4v) is 3.10. The molecule has 0 amide bonds. The highest BCUT2D eigenvalue weighted by molar-refractivity contribution is 5.84. The number of rotatable bonds is 7. The van der Waals surface area contributed by atoms with Crippen molar-refractivity contribution in [1.82, 2.24) is 14.7 Å². The topological polar surface area (TPSA) is 56.3 Å². The minimum absolute atomic E-state index is 0.268. The van der Waals surface area contributed by atoms with Gasteiger partial charge in [-0.25, -0.2) is 4.39 Å². The molecule has 6 heteroatoms. The lowest BCUT2D eigenvalue weighted by Gasteiger charge is -2.26. The van der Waals surface area contributed by atoms with Crippen LogP contribution in [0.25, 0.3) is 16.8 Å². The molecule has 2 N–H and O–H groups in total. The summed E-state index contributed by atoms with van der Waals surface area (Å²) in [5.41, 5.74) is 9.11. The van der Waals surface area contributed by atoms with Gasteiger partial charge in [0.25, 0.3) is 0 Å². The quantitative estimate of drug-likeness (QED) is 0.763. The highest BCUT2D eigenvalue weighted by Gasteiger charge is 2.15. The Morgan fingerprint density at radius 3 is 2.63 bits per heavy atom. The first-order chi connectivity index (χ1) is 13.2. The molecule has 2 aromatic rings. The highest BCUT2D eigenvalue weighted by Crippen LogP contribution is 2.29. The molecule has 1 saturated heterocycles. The summed E-state index contributed by atoms with van der Waals surface area (Å²) in [5.74, 6) is -0.268. The second-order valence-corrected chi connectivity index (χ2v) is 6.33. The van der Waals surface area contributed by atoms with E-state index in [0.717, 1.165) is 61.8 Å². The van der Waals surface area contributed by atoms with Gasteiger partial charge >= 0.3 is 0 Å². The fourth-order valence-electron chi connectivity index (χ4n) is 3.10. The zero-order valence-electron chi connectivity index (χ0n) is 15.4. The van der Waals surface area contributed by atoms with Crippen molar-refractivity contribution in [3.05, 3.63) is 72.8 Å². The largest absolute Gasteiger partial charge is 0.405 e. The summed E-state index contributed by atoms with van der Waals surface area (Å²) in [4.78, 5) is 2.36. The summed E-state index contributed by atoms with van der Waals surface area (Å²) in [7, 11) is 0. The lowest BCUT2D eigenvalue weighted by Crippen LogP contribution is -2.38. The van der Waals surface area contributed by atoms with E-state index >= 15 is 0 Å². The Hall–Kier alpha value is -2.70. The predicted octanol–water partition coefficient (Wildman–Crippen LogP) is 3.06. The number of allylic oxidation sites excluding steroid dienone is 4. The number of halogens is 1. The van der Waals surface area contributed by atoms with Gasteiger partial charge in [-0.1, -0.05) is 18.7 Å². The minimum Gasteiger partial charge on any atom is -0.405 e. The Balaban J connectivity index is 1.91. The van der Waals surface area contributed by atoms with Gasteiger partial charge in [-0.2, -0.15) is 5.10 Å². The number of hydrogen-bond donors (Lipinski definition) is 1. The molecular formula is C21H25FN4O. The first-order valence-electron chi connectivity index (χ1n) is 9.06. The van der Waals surface area contributed by atoms with Crippen molar-refractivity contribution in [3.8, 4) is 11.3 Å². The van der Waals surface area contributed by atoms with E-state index in [0.29, 0.717) is 0 Å². The molecule has 0 radical (unpaired) electrons. The van der Waals surface area contributed by atoms with E-state index in [-0.39, 0.29) is 5.82 Å². The van der Waals surface area contributed by atoms with Gasteiger partial charge in [0.05, 0.1) is 19.8 Å². The van der Waals surface area contributed by atoms with E-state index in [9.17, 15) is 4.39 Å². The average Bonchev–Trinajstić information content (AvgIpc) is 3.12. The third-order valence-electron chi connectivity index (χ3n) is 4.51. The third-order valence-corrected chi connectivity index (χ3v) is 4.51. The Kier molecular flexibility index (Phi) is 6.57. The highest BCUT2D eigenvalue weighted by atomic mass is 19.1. The zero-order chi connectivity index (χ0) is 19.1. The smallest absolute Gasteiger partial charge is 0.123 e. The van der Waals surface area contributed by atoms with E-state index in [1.165, 1.54) is 18.3 Å². The van der Waals surface area contributed by atoms with E-state index in [4.69, 9.17) is 15.6 Å². The number of nitrogens with zero attached hydrogens (tertiary/aromatic N) is 3. The molecule has 0 saturated carbocycles. The Morgan fingerprint density at radius 1 is 1.22 bits per heavy atom. The molecule has 2 heterocycles. The van der Waals surface area contributed by atoms with Gasteiger partial charge in [-0.05, 0) is 42.1 Å². The number of benzene rings is 1. The van der Waals surface area contributed by atoms with Crippen LogP contribution in [0.3, 0.4) is 0 Å². The Labute approximate surface area is 159 Å². The van der Waals surface area contributed by atoms with E-state index < -0.39 is 0 Å². The lowest BCUT2D eigenvalue weighted by molar-refractivity contribution is 0.0360. The van der Waals surface area contributed by atoms with Gasteiger partial charge in [0.15, 0.2) is 0 Å². The van der Waals surface area contributed by atoms with Gasteiger partial charge in [-0.3, -0.25) is 9.58 Å². The van der Waals surface area contributed by atoms with Crippen molar-refractivity contribution in [2.45, 2.75) is 6.54 Å². The van der Waals surface area contributed by atoms with Crippen molar-refractivity contribution in [3.63, 3.8) is 0 Å². The predicted molar refractivity (Wildman–Crippen MR) is 106 cm³/mol. The summed E-state index contributed by atoms with van der Waals surface area (Å²) in [6, 6.07) is 6.37. The third kappa shape index (κ3) is 4.93. The van der Waals surface area contributed by atoms with Crippen LogP contribution >= 0.6 is 0 Å². The minimum atomic E-state index is -0.268. The van der Waals surface area contributed by atoms with Crippen molar-refractivity contribution < 1.29 is 9.13 Å². The summed E-state index contributed by atoms with van der Waals surface area (Å²) in [6.45, 7) is 8.88.